The van der Waals surface area contributed by atoms with E-state index in [2.05, 4.69) is 14.9 Å². The molecule has 2 rings (SSSR count). The van der Waals surface area contributed by atoms with E-state index in [1.807, 2.05) is 0 Å². The smallest absolute Gasteiger partial charge is 0.243 e. The molecule has 0 fully saturated rings. The van der Waals surface area contributed by atoms with Crippen molar-refractivity contribution in [3.63, 3.8) is 0 Å². The van der Waals surface area contributed by atoms with Crippen LogP contribution in [-0.2, 0) is 23.6 Å². The molecule has 0 aliphatic carbocycles. The summed E-state index contributed by atoms with van der Waals surface area (Å²) < 4.78 is 41.7. The first kappa shape index (κ1) is 14.4. The molecule has 2 aromatic rings. The summed E-state index contributed by atoms with van der Waals surface area (Å²) in [6.45, 7) is 1.51. The van der Waals surface area contributed by atoms with Gasteiger partial charge in [-0.15, -0.1) is 10.2 Å². The Kier molecular flexibility index (Phi) is 3.73. The van der Waals surface area contributed by atoms with Crippen LogP contribution in [0.15, 0.2) is 23.4 Å². The van der Waals surface area contributed by atoms with E-state index in [-0.39, 0.29) is 12.2 Å². The second-order valence-electron chi connectivity index (χ2n) is 4.32. The van der Waals surface area contributed by atoms with Gasteiger partial charge in [0, 0.05) is 12.7 Å². The van der Waals surface area contributed by atoms with E-state index in [0.29, 0.717) is 11.4 Å². The van der Waals surface area contributed by atoms with Gasteiger partial charge in [-0.3, -0.25) is 0 Å². The van der Waals surface area contributed by atoms with Crippen LogP contribution in [-0.4, -0.2) is 23.2 Å². The topological polar surface area (TPSA) is 103 Å². The van der Waals surface area contributed by atoms with E-state index in [0.717, 1.165) is 12.1 Å². The first-order chi connectivity index (χ1) is 9.31. The van der Waals surface area contributed by atoms with Crippen molar-refractivity contribution in [3.8, 4) is 0 Å². The van der Waals surface area contributed by atoms with E-state index < -0.39 is 20.7 Å². The number of aromatic nitrogens is 3. The first-order valence-electron chi connectivity index (χ1n) is 5.69. The Labute approximate surface area is 115 Å². The quantitative estimate of drug-likeness (QED) is 0.792. The van der Waals surface area contributed by atoms with Gasteiger partial charge in [0.25, 0.3) is 0 Å². The third-order valence-corrected chi connectivity index (χ3v) is 4.25. The Morgan fingerprint density at radius 1 is 1.45 bits per heavy atom. The van der Waals surface area contributed by atoms with E-state index in [9.17, 15) is 12.8 Å². The van der Waals surface area contributed by atoms with Crippen molar-refractivity contribution in [3.05, 3.63) is 35.7 Å². The van der Waals surface area contributed by atoms with Gasteiger partial charge < -0.3 is 10.3 Å². The molecule has 108 valence electrons. The van der Waals surface area contributed by atoms with Crippen LogP contribution < -0.4 is 10.5 Å². The fraction of sp³-hybridized carbons (Fsp3) is 0.273. The van der Waals surface area contributed by atoms with Crippen LogP contribution in [0.3, 0.4) is 0 Å². The van der Waals surface area contributed by atoms with Crippen LogP contribution in [0, 0.1) is 12.7 Å². The highest BCUT2D eigenvalue weighted by atomic mass is 32.2. The SMILES string of the molecule is Cc1cc(F)c(S(=O)(=O)NCc2nncn2C)cc1N. The molecule has 3 N–H and O–H groups in total. The van der Waals surface area contributed by atoms with Crippen LogP contribution in [0.25, 0.3) is 0 Å². The Morgan fingerprint density at radius 3 is 2.75 bits per heavy atom. The van der Waals surface area contributed by atoms with E-state index in [4.69, 9.17) is 5.73 Å². The summed E-state index contributed by atoms with van der Waals surface area (Å²) in [7, 11) is -2.33. The van der Waals surface area contributed by atoms with Crippen molar-refractivity contribution < 1.29 is 12.8 Å². The minimum atomic E-state index is -4.01. The van der Waals surface area contributed by atoms with Gasteiger partial charge in [0.05, 0.1) is 6.54 Å². The number of nitrogens with zero attached hydrogens (tertiary/aromatic N) is 3. The predicted octanol–water partition coefficient (Wildman–Crippen LogP) is 0.323. The molecule has 0 atom stereocenters. The largest absolute Gasteiger partial charge is 0.398 e. The summed E-state index contributed by atoms with van der Waals surface area (Å²) in [5.41, 5.74) is 6.31. The summed E-state index contributed by atoms with van der Waals surface area (Å²) in [5.74, 6) is -0.434. The molecule has 0 saturated heterocycles. The fourth-order valence-corrected chi connectivity index (χ4v) is 2.65. The number of nitrogens with one attached hydrogen (secondary N) is 1. The number of nitrogen functional groups attached to an aromatic ring is 1. The van der Waals surface area contributed by atoms with Crippen molar-refractivity contribution in [1.29, 1.82) is 0 Å². The van der Waals surface area contributed by atoms with Crippen molar-refractivity contribution >= 4 is 15.7 Å². The first-order valence-corrected chi connectivity index (χ1v) is 7.18. The average Bonchev–Trinajstić information content (AvgIpc) is 2.77. The molecule has 20 heavy (non-hydrogen) atoms. The van der Waals surface area contributed by atoms with Crippen LogP contribution in [0.5, 0.6) is 0 Å². The number of hydrogen-bond acceptors (Lipinski definition) is 5. The molecule has 0 spiro atoms. The van der Waals surface area contributed by atoms with E-state index >= 15 is 0 Å². The Morgan fingerprint density at radius 2 is 2.15 bits per heavy atom. The van der Waals surface area contributed by atoms with Crippen molar-refractivity contribution in [1.82, 2.24) is 19.5 Å². The van der Waals surface area contributed by atoms with Gasteiger partial charge in [0.1, 0.15) is 22.9 Å². The lowest BCUT2D eigenvalue weighted by atomic mass is 10.2. The van der Waals surface area contributed by atoms with Gasteiger partial charge in [-0.1, -0.05) is 0 Å². The van der Waals surface area contributed by atoms with E-state index in [1.54, 1.807) is 18.5 Å². The van der Waals surface area contributed by atoms with Crippen molar-refractivity contribution in [2.45, 2.75) is 18.4 Å². The molecule has 1 aromatic heterocycles. The third-order valence-electron chi connectivity index (χ3n) is 2.84. The molecule has 0 amide bonds. The molecule has 0 aliphatic rings. The maximum Gasteiger partial charge on any atom is 0.243 e. The van der Waals surface area contributed by atoms with Gasteiger partial charge >= 0.3 is 0 Å². The maximum absolute atomic E-state index is 13.8. The lowest BCUT2D eigenvalue weighted by Gasteiger charge is -2.09. The zero-order valence-corrected chi connectivity index (χ0v) is 11.8. The number of anilines is 1. The van der Waals surface area contributed by atoms with Gasteiger partial charge in [-0.05, 0) is 24.6 Å². The van der Waals surface area contributed by atoms with E-state index in [1.165, 1.54) is 6.33 Å². The van der Waals surface area contributed by atoms with Crippen LogP contribution in [0.1, 0.15) is 11.4 Å². The zero-order chi connectivity index (χ0) is 14.9. The van der Waals surface area contributed by atoms with Crippen molar-refractivity contribution in [2.75, 3.05) is 5.73 Å². The number of benzene rings is 1. The number of nitrogens with two attached hydrogens (primary N) is 1. The highest BCUT2D eigenvalue weighted by molar-refractivity contribution is 7.89. The molecule has 1 heterocycles. The number of aryl methyl sites for hydroxylation is 2. The molecule has 0 unspecified atom stereocenters. The third kappa shape index (κ3) is 2.78. The van der Waals surface area contributed by atoms with Gasteiger partial charge in [0.15, 0.2) is 0 Å². The highest BCUT2D eigenvalue weighted by Crippen LogP contribution is 2.21. The predicted molar refractivity (Wildman–Crippen MR) is 70.6 cm³/mol. The molecular weight excluding hydrogens is 285 g/mol. The molecule has 0 aliphatic heterocycles. The molecule has 1 aromatic carbocycles. The lowest BCUT2D eigenvalue weighted by molar-refractivity contribution is 0.554. The average molecular weight is 299 g/mol. The zero-order valence-electron chi connectivity index (χ0n) is 11.0. The standard InChI is InChI=1S/C11H14FN5O2S/c1-7-3-8(12)10(4-9(7)13)20(18,19)15-5-11-16-14-6-17(11)2/h3-4,6,15H,5,13H2,1-2H3. The second-order valence-corrected chi connectivity index (χ2v) is 6.06. The minimum Gasteiger partial charge on any atom is -0.398 e. The van der Waals surface area contributed by atoms with Gasteiger partial charge in [-0.25, -0.2) is 17.5 Å². The minimum absolute atomic E-state index is 0.0912. The molecule has 0 saturated carbocycles. The highest BCUT2D eigenvalue weighted by Gasteiger charge is 2.20. The lowest BCUT2D eigenvalue weighted by Crippen LogP contribution is -2.25. The molecule has 9 heteroatoms. The summed E-state index contributed by atoms with van der Waals surface area (Å²) in [6.07, 6.45) is 1.44. The Hall–Kier alpha value is -2.00. The Bertz CT molecular complexity index is 741. The Balaban J connectivity index is 2.27. The second kappa shape index (κ2) is 5.17. The maximum atomic E-state index is 13.8. The van der Waals surface area contributed by atoms with Gasteiger partial charge in [0.2, 0.25) is 10.0 Å². The van der Waals surface area contributed by atoms with Gasteiger partial charge in [-0.2, -0.15) is 0 Å². The normalized spacial score (nSPS) is 11.8. The van der Waals surface area contributed by atoms with Crippen LogP contribution in [0.4, 0.5) is 10.1 Å². The molecule has 0 radical (unpaired) electrons. The fourth-order valence-electron chi connectivity index (χ4n) is 1.58. The summed E-state index contributed by atoms with van der Waals surface area (Å²) >= 11 is 0. The monoisotopic (exact) mass is 299 g/mol. The van der Waals surface area contributed by atoms with Crippen molar-refractivity contribution in [2.24, 2.45) is 7.05 Å². The number of hydrogen-bond donors (Lipinski definition) is 2. The number of sulfonamides is 1. The molecule has 0 bridgehead atoms. The molecular formula is C11H14FN5O2S. The summed E-state index contributed by atoms with van der Waals surface area (Å²) in [4.78, 5) is -0.484. The molecule has 7 nitrogen and oxygen atoms in total. The van der Waals surface area contributed by atoms with Crippen LogP contribution >= 0.6 is 0 Å². The number of rotatable bonds is 4. The summed E-state index contributed by atoms with van der Waals surface area (Å²) in [6, 6.07) is 2.19. The number of halogens is 1. The van der Waals surface area contributed by atoms with Crippen LogP contribution in [0.2, 0.25) is 0 Å². The summed E-state index contributed by atoms with van der Waals surface area (Å²) in [5, 5.41) is 7.36.